The van der Waals surface area contributed by atoms with Crippen molar-refractivity contribution >= 4 is 11.9 Å². The number of rotatable bonds is 5. The molecule has 170 valence electrons. The highest BCUT2D eigenvalue weighted by Gasteiger charge is 2.52. The zero-order chi connectivity index (χ0) is 22.2. The summed E-state index contributed by atoms with van der Waals surface area (Å²) in [5.41, 5.74) is -0.411. The lowest BCUT2D eigenvalue weighted by atomic mass is 9.77. The van der Waals surface area contributed by atoms with Gasteiger partial charge in [-0.3, -0.25) is 9.69 Å². The Morgan fingerprint density at radius 1 is 1.16 bits per heavy atom. The Morgan fingerprint density at radius 2 is 1.84 bits per heavy atom. The topological polar surface area (TPSA) is 71.1 Å². The Morgan fingerprint density at radius 3 is 2.52 bits per heavy atom. The highest BCUT2D eigenvalue weighted by Crippen LogP contribution is 2.37. The number of urea groups is 1. The van der Waals surface area contributed by atoms with E-state index in [1.807, 2.05) is 0 Å². The molecule has 1 saturated heterocycles. The van der Waals surface area contributed by atoms with Crippen LogP contribution in [0.15, 0.2) is 18.2 Å². The van der Waals surface area contributed by atoms with Crippen molar-refractivity contribution in [3.05, 3.63) is 23.8 Å². The van der Waals surface area contributed by atoms with Crippen molar-refractivity contribution in [2.24, 2.45) is 5.92 Å². The molecule has 0 radical (unpaired) electrons. The lowest BCUT2D eigenvalue weighted by molar-refractivity contribution is -0.154. The van der Waals surface area contributed by atoms with Gasteiger partial charge in [-0.05, 0) is 49.3 Å². The molecule has 31 heavy (non-hydrogen) atoms. The van der Waals surface area contributed by atoms with Crippen molar-refractivity contribution in [1.29, 1.82) is 0 Å². The van der Waals surface area contributed by atoms with Crippen molar-refractivity contribution in [1.82, 2.24) is 15.1 Å². The summed E-state index contributed by atoms with van der Waals surface area (Å²) in [5.74, 6) is 1.04. The second-order valence-corrected chi connectivity index (χ2v) is 8.65. The number of amides is 3. The molecular weight excluding hydrogens is 415 g/mol. The van der Waals surface area contributed by atoms with Crippen LogP contribution in [0.4, 0.5) is 18.0 Å². The van der Waals surface area contributed by atoms with Gasteiger partial charge < -0.3 is 14.8 Å². The van der Waals surface area contributed by atoms with E-state index in [2.05, 4.69) is 12.2 Å². The monoisotopic (exact) mass is 441 g/mol. The molecule has 3 amide bonds. The van der Waals surface area contributed by atoms with Crippen LogP contribution in [0.1, 0.15) is 38.2 Å². The van der Waals surface area contributed by atoms with Gasteiger partial charge in [0.05, 0.1) is 13.2 Å². The molecule has 3 aliphatic rings. The number of fused-ring (bicyclic) bond motifs is 1. The number of nitrogens with zero attached hydrogens (tertiary/aromatic N) is 2. The van der Waals surface area contributed by atoms with Gasteiger partial charge in [0, 0.05) is 6.54 Å². The number of carbonyl (C=O) groups is 2. The van der Waals surface area contributed by atoms with Crippen LogP contribution in [-0.2, 0) is 11.3 Å². The summed E-state index contributed by atoms with van der Waals surface area (Å²) in [7, 11) is 0. The summed E-state index contributed by atoms with van der Waals surface area (Å²) in [4.78, 5) is 27.5. The average Bonchev–Trinajstić information content (AvgIpc) is 2.93. The SMILES string of the molecule is CC1CCC2(CC1)NC(=O)N(CN(Cc1ccc3c(c1)OCCO3)CC(F)(F)F)C2=O. The molecule has 1 spiro atoms. The number of benzene rings is 1. The quantitative estimate of drug-likeness (QED) is 0.711. The number of nitrogens with one attached hydrogen (secondary N) is 1. The highest BCUT2D eigenvalue weighted by molar-refractivity contribution is 6.07. The van der Waals surface area contributed by atoms with Crippen LogP contribution in [0.3, 0.4) is 0 Å². The average molecular weight is 441 g/mol. The number of imide groups is 1. The van der Waals surface area contributed by atoms with Gasteiger partial charge in [-0.25, -0.2) is 9.69 Å². The molecular formula is C21H26F3N3O4. The molecule has 2 aliphatic heterocycles. The number of carbonyl (C=O) groups excluding carboxylic acids is 2. The Labute approximate surface area is 178 Å². The van der Waals surface area contributed by atoms with Crippen molar-refractivity contribution in [3.8, 4) is 11.5 Å². The number of halogens is 3. The lowest BCUT2D eigenvalue weighted by Crippen LogP contribution is -2.50. The smallest absolute Gasteiger partial charge is 0.401 e. The molecule has 1 N–H and O–H groups in total. The number of alkyl halides is 3. The van der Waals surface area contributed by atoms with Crippen molar-refractivity contribution in [3.63, 3.8) is 0 Å². The third-order valence-corrected chi connectivity index (χ3v) is 6.13. The van der Waals surface area contributed by atoms with E-state index in [1.54, 1.807) is 18.2 Å². The summed E-state index contributed by atoms with van der Waals surface area (Å²) in [6.45, 7) is 1.09. The minimum atomic E-state index is -4.48. The standard InChI is InChI=1S/C21H26F3N3O4/c1-14-4-6-20(7-5-14)18(28)27(19(29)25-20)13-26(12-21(22,23)24)11-15-2-3-16-17(10-15)31-9-8-30-16/h2-3,10,14H,4-9,11-13H2,1H3,(H,25,29). The van der Waals surface area contributed by atoms with Gasteiger partial charge in [0.2, 0.25) is 0 Å². The minimum absolute atomic E-state index is 0.1000. The lowest BCUT2D eigenvalue weighted by Gasteiger charge is -2.34. The van der Waals surface area contributed by atoms with Gasteiger partial charge in [0.15, 0.2) is 11.5 Å². The van der Waals surface area contributed by atoms with Crippen LogP contribution in [0.25, 0.3) is 0 Å². The molecule has 2 fully saturated rings. The fourth-order valence-electron chi connectivity index (χ4n) is 4.45. The molecule has 1 saturated carbocycles. The van der Waals surface area contributed by atoms with E-state index in [4.69, 9.17) is 9.47 Å². The third-order valence-electron chi connectivity index (χ3n) is 6.13. The largest absolute Gasteiger partial charge is 0.486 e. The molecule has 7 nitrogen and oxygen atoms in total. The predicted molar refractivity (Wildman–Crippen MR) is 105 cm³/mol. The van der Waals surface area contributed by atoms with E-state index >= 15 is 0 Å². The van der Waals surface area contributed by atoms with Crippen LogP contribution in [0, 0.1) is 5.92 Å². The summed E-state index contributed by atoms with van der Waals surface area (Å²) in [5, 5.41) is 2.76. The van der Waals surface area contributed by atoms with Crippen LogP contribution in [0.5, 0.6) is 11.5 Å². The van der Waals surface area contributed by atoms with Gasteiger partial charge in [-0.15, -0.1) is 0 Å². The molecule has 4 rings (SSSR count). The zero-order valence-corrected chi connectivity index (χ0v) is 17.3. The maximum absolute atomic E-state index is 13.3. The highest BCUT2D eigenvalue weighted by atomic mass is 19.4. The van der Waals surface area contributed by atoms with Crippen molar-refractivity contribution < 1.29 is 32.2 Å². The molecule has 2 heterocycles. The van der Waals surface area contributed by atoms with E-state index in [9.17, 15) is 22.8 Å². The Kier molecular flexibility index (Phi) is 5.76. The first kappa shape index (κ1) is 21.7. The van der Waals surface area contributed by atoms with E-state index < -0.39 is 36.9 Å². The van der Waals surface area contributed by atoms with Gasteiger partial charge in [0.1, 0.15) is 18.8 Å². The van der Waals surface area contributed by atoms with E-state index in [-0.39, 0.29) is 6.54 Å². The summed E-state index contributed by atoms with van der Waals surface area (Å²) in [6.07, 6.45) is -1.87. The molecule has 1 aromatic carbocycles. The Bertz CT molecular complexity index is 853. The zero-order valence-electron chi connectivity index (χ0n) is 17.3. The third kappa shape index (κ3) is 4.73. The molecule has 1 aromatic rings. The van der Waals surface area contributed by atoms with Crippen molar-refractivity contribution in [2.75, 3.05) is 26.4 Å². The molecule has 0 aromatic heterocycles. The second-order valence-electron chi connectivity index (χ2n) is 8.65. The maximum Gasteiger partial charge on any atom is 0.401 e. The maximum atomic E-state index is 13.3. The fourth-order valence-corrected chi connectivity index (χ4v) is 4.45. The first-order valence-corrected chi connectivity index (χ1v) is 10.5. The first-order valence-electron chi connectivity index (χ1n) is 10.5. The van der Waals surface area contributed by atoms with E-state index in [0.29, 0.717) is 49.0 Å². The normalized spacial score (nSPS) is 26.0. The molecule has 0 unspecified atom stereocenters. The number of hydrogen-bond donors (Lipinski definition) is 1. The van der Waals surface area contributed by atoms with Gasteiger partial charge >= 0.3 is 12.2 Å². The molecule has 1 aliphatic carbocycles. The molecule has 0 atom stereocenters. The van der Waals surface area contributed by atoms with E-state index in [0.717, 1.165) is 22.6 Å². The number of hydrogen-bond acceptors (Lipinski definition) is 5. The van der Waals surface area contributed by atoms with Crippen LogP contribution < -0.4 is 14.8 Å². The minimum Gasteiger partial charge on any atom is -0.486 e. The summed E-state index contributed by atoms with van der Waals surface area (Å²) in [6, 6.07) is 4.32. The van der Waals surface area contributed by atoms with Crippen LogP contribution in [0.2, 0.25) is 0 Å². The number of ether oxygens (including phenoxy) is 2. The Balaban J connectivity index is 1.50. The van der Waals surface area contributed by atoms with Gasteiger partial charge in [-0.1, -0.05) is 13.0 Å². The van der Waals surface area contributed by atoms with Gasteiger partial charge in [0.25, 0.3) is 5.91 Å². The van der Waals surface area contributed by atoms with Crippen molar-refractivity contribution in [2.45, 2.75) is 50.9 Å². The molecule has 0 bridgehead atoms. The summed E-state index contributed by atoms with van der Waals surface area (Å²) < 4.78 is 50.7. The van der Waals surface area contributed by atoms with E-state index in [1.165, 1.54) is 0 Å². The van der Waals surface area contributed by atoms with Gasteiger partial charge in [-0.2, -0.15) is 13.2 Å². The second kappa shape index (κ2) is 8.22. The first-order chi connectivity index (χ1) is 14.7. The van der Waals surface area contributed by atoms with Crippen LogP contribution >= 0.6 is 0 Å². The Hall–Kier alpha value is -2.49. The fraction of sp³-hybridized carbons (Fsp3) is 0.619. The predicted octanol–water partition coefficient (Wildman–Crippen LogP) is 3.28. The molecule has 10 heteroatoms. The van der Waals surface area contributed by atoms with Crippen LogP contribution in [-0.4, -0.2) is 59.9 Å². The summed E-state index contributed by atoms with van der Waals surface area (Å²) >= 11 is 0.